The zero-order chi connectivity index (χ0) is 53.6. The summed E-state index contributed by atoms with van der Waals surface area (Å²) in [5, 5.41) is 0. The molecule has 0 spiro atoms. The van der Waals surface area contributed by atoms with Gasteiger partial charge in [0.25, 0.3) is 0 Å². The van der Waals surface area contributed by atoms with Crippen LogP contribution in [0, 0.1) is 65.0 Å². The van der Waals surface area contributed by atoms with Crippen molar-refractivity contribution in [2.45, 2.75) is 147 Å². The average Bonchev–Trinajstić information content (AvgIpc) is 3.89. The molecule has 6 aromatic rings. The van der Waals surface area contributed by atoms with Crippen LogP contribution in [0.3, 0.4) is 0 Å². The van der Waals surface area contributed by atoms with Crippen LogP contribution >= 0.6 is 0 Å². The van der Waals surface area contributed by atoms with E-state index >= 15 is 0 Å². The number of rotatable bonds is 5. The third-order valence-corrected chi connectivity index (χ3v) is 15.1. The Kier molecular flexibility index (Phi) is 19.8. The summed E-state index contributed by atoms with van der Waals surface area (Å²) in [4.78, 5) is 0. The van der Waals surface area contributed by atoms with E-state index in [1.807, 2.05) is 0 Å². The van der Waals surface area contributed by atoms with E-state index in [9.17, 15) is 26.3 Å². The first-order valence-corrected chi connectivity index (χ1v) is 26.1. The molecule has 74 heavy (non-hydrogen) atoms. The summed E-state index contributed by atoms with van der Waals surface area (Å²) in [5.74, 6) is 0.573. The fourth-order valence-corrected chi connectivity index (χ4v) is 10.8. The van der Waals surface area contributed by atoms with E-state index in [4.69, 9.17) is 0 Å². The summed E-state index contributed by atoms with van der Waals surface area (Å²) in [6.07, 6.45) is 1.12. The Bertz CT molecular complexity index is 2830. The standard InChI is InChI=1S/C39H45.C15H8F6.C11H17.2ClH.Zr/c1-22-13-24(3)36(25(4)14-22)32-18-28-17-29-19-33(37-26(5)15-23(2)16-27(37)6)35(39(10,11)12)21-31(29)30(28)20-34(32)38(7,8)9;16-14(17,18)12-5-1-10(2-6-12)9-11-3-7-13(8-4-11)15(19,20)21;1-5-9-6-7-10(8-9)11(2,3)4;;;/h13-16,18,20-21H,17H2,1-12H3;1-8H;7-9H,5H2,1-4H3;2*1H;/q-1;;-1;;;+2/p-2. The summed E-state index contributed by atoms with van der Waals surface area (Å²) >= 11 is 0.898. The molecule has 0 fully saturated rings. The van der Waals surface area contributed by atoms with Crippen LogP contribution in [0.5, 0.6) is 0 Å². The second kappa shape index (κ2) is 23.5. The Hall–Kier alpha value is -4.29. The molecular weight excluding hydrogens is 1060 g/mol. The monoisotopic (exact) mass is 1120 g/mol. The van der Waals surface area contributed by atoms with Crippen LogP contribution in [0.15, 0.2) is 109 Å². The maximum absolute atomic E-state index is 12.5. The van der Waals surface area contributed by atoms with Crippen LogP contribution in [0.2, 0.25) is 0 Å². The first kappa shape index (κ1) is 62.3. The van der Waals surface area contributed by atoms with E-state index in [-0.39, 0.29) is 35.6 Å². The molecule has 392 valence electrons. The average molecular weight is 1130 g/mol. The molecule has 0 aromatic heterocycles. The van der Waals surface area contributed by atoms with Gasteiger partial charge in [0.15, 0.2) is 0 Å². The molecule has 1 unspecified atom stereocenters. The van der Waals surface area contributed by atoms with Gasteiger partial charge < -0.3 is 24.8 Å². The minimum Gasteiger partial charge on any atom is -1.00 e. The molecule has 0 nitrogen and oxygen atoms in total. The number of halogens is 8. The summed E-state index contributed by atoms with van der Waals surface area (Å²) in [5.41, 5.74) is 23.2. The van der Waals surface area contributed by atoms with Gasteiger partial charge in [-0.3, -0.25) is 6.08 Å². The number of benzene rings is 6. The SMILES string of the molecule is CCC1[C-]=CC(C(C)(C)C)=C1.Cc1cc(C)c(-c2[c-]c3c(cc2C(C)(C)C)-c2cc(C(C)(C)C)c(-c4c(C)cc(C)cc4C)cc2C3)c(C)c1.FC(F)(F)c1ccc([C](=[Zr+2])c2ccc(C(F)(F)F)cc2)cc1.[Cl-].[Cl-]. The Morgan fingerprint density at radius 1 is 0.541 bits per heavy atom. The minimum absolute atomic E-state index is 0. The summed E-state index contributed by atoms with van der Waals surface area (Å²) in [7, 11) is 0. The molecule has 0 heterocycles. The van der Waals surface area contributed by atoms with E-state index in [0.717, 1.165) is 54.9 Å². The summed E-state index contributed by atoms with van der Waals surface area (Å²) < 4.78 is 75.6. The minimum atomic E-state index is -4.41. The largest absolute Gasteiger partial charge is 1.00 e. The molecule has 2 aliphatic rings. The molecule has 2 aliphatic carbocycles. The molecule has 0 saturated heterocycles. The van der Waals surface area contributed by atoms with Crippen molar-refractivity contribution in [2.24, 2.45) is 11.3 Å². The third kappa shape index (κ3) is 14.4. The van der Waals surface area contributed by atoms with Crippen LogP contribution in [0.1, 0.15) is 154 Å². The van der Waals surface area contributed by atoms with Gasteiger partial charge in [0.05, 0.1) is 0 Å². The van der Waals surface area contributed by atoms with Gasteiger partial charge in [0.2, 0.25) is 0 Å². The fraction of sp³-hybridized carbons (Fsp3) is 0.369. The van der Waals surface area contributed by atoms with E-state index in [1.165, 1.54) is 125 Å². The molecule has 1 atom stereocenters. The first-order valence-electron chi connectivity index (χ1n) is 24.9. The third-order valence-electron chi connectivity index (χ3n) is 13.7. The van der Waals surface area contributed by atoms with Gasteiger partial charge in [-0.2, -0.15) is 11.6 Å². The predicted octanol–water partition coefficient (Wildman–Crippen LogP) is 13.0. The van der Waals surface area contributed by atoms with E-state index in [0.29, 0.717) is 25.7 Å². The Morgan fingerprint density at radius 3 is 1.32 bits per heavy atom. The second-order valence-electron chi connectivity index (χ2n) is 23.0. The van der Waals surface area contributed by atoms with Gasteiger partial charge in [-0.25, -0.2) is 6.08 Å². The Morgan fingerprint density at radius 2 is 0.959 bits per heavy atom. The molecule has 0 aliphatic heterocycles. The van der Waals surface area contributed by atoms with Gasteiger partial charge in [-0.15, -0.1) is 28.8 Å². The molecule has 0 amide bonds. The molecular formula is C65H70Cl2F6Zr-2. The van der Waals surface area contributed by atoms with E-state index in [1.54, 1.807) is 0 Å². The van der Waals surface area contributed by atoms with Gasteiger partial charge in [-0.1, -0.05) is 162 Å². The van der Waals surface area contributed by atoms with Crippen molar-refractivity contribution in [1.82, 2.24) is 0 Å². The molecule has 9 heteroatoms. The smallest absolute Gasteiger partial charge is 1.00 e. The molecule has 6 aromatic carbocycles. The topological polar surface area (TPSA) is 0 Å². The van der Waals surface area contributed by atoms with Crippen LogP contribution in [0.25, 0.3) is 33.4 Å². The van der Waals surface area contributed by atoms with Crippen molar-refractivity contribution in [3.8, 4) is 33.4 Å². The zero-order valence-corrected chi connectivity index (χ0v) is 49.8. The van der Waals surface area contributed by atoms with Crippen molar-refractivity contribution < 1.29 is 75.4 Å². The molecule has 8 rings (SSSR count). The second-order valence-corrected chi connectivity index (χ2v) is 24.2. The number of alkyl halides is 6. The summed E-state index contributed by atoms with van der Waals surface area (Å²) in [6, 6.07) is 30.0. The van der Waals surface area contributed by atoms with Crippen LogP contribution in [-0.2, 0) is 53.8 Å². The number of hydrogen-bond donors (Lipinski definition) is 0. The summed E-state index contributed by atoms with van der Waals surface area (Å²) in [6.45, 7) is 36.5. The van der Waals surface area contributed by atoms with Crippen molar-refractivity contribution in [3.05, 3.63) is 199 Å². The quantitative estimate of drug-likeness (QED) is 0.119. The Labute approximate surface area is 465 Å². The first-order chi connectivity index (χ1) is 33.2. The van der Waals surface area contributed by atoms with E-state index in [2.05, 4.69) is 178 Å². The van der Waals surface area contributed by atoms with Crippen LogP contribution in [-0.4, -0.2) is 3.21 Å². The maximum atomic E-state index is 12.5. The molecule has 0 N–H and O–H groups in total. The molecule has 0 radical (unpaired) electrons. The van der Waals surface area contributed by atoms with Gasteiger partial charge >= 0.3 is 137 Å². The van der Waals surface area contributed by atoms with Crippen molar-refractivity contribution >= 4 is 3.21 Å². The number of allylic oxidation sites excluding steroid dienone is 4. The zero-order valence-electron chi connectivity index (χ0n) is 45.8. The van der Waals surface area contributed by atoms with Crippen LogP contribution < -0.4 is 24.8 Å². The number of hydrogen-bond acceptors (Lipinski definition) is 0. The predicted molar refractivity (Wildman–Crippen MR) is 285 cm³/mol. The van der Waals surface area contributed by atoms with Crippen LogP contribution in [0.4, 0.5) is 26.3 Å². The van der Waals surface area contributed by atoms with Crippen molar-refractivity contribution in [1.29, 1.82) is 0 Å². The normalized spacial score (nSPS) is 14.1. The number of aryl methyl sites for hydroxylation is 6. The van der Waals surface area contributed by atoms with Gasteiger partial charge in [0, 0.05) is 0 Å². The Balaban J connectivity index is 0.000000284. The fourth-order valence-electron chi connectivity index (χ4n) is 10.0. The van der Waals surface area contributed by atoms with Gasteiger partial charge in [-0.05, 0) is 92.2 Å². The van der Waals surface area contributed by atoms with E-state index < -0.39 is 23.5 Å². The number of fused-ring (bicyclic) bond motifs is 3. The molecule has 0 bridgehead atoms. The maximum Gasteiger partial charge on any atom is -1.00 e. The molecule has 0 saturated carbocycles. The van der Waals surface area contributed by atoms with Crippen molar-refractivity contribution in [3.63, 3.8) is 0 Å². The van der Waals surface area contributed by atoms with Crippen molar-refractivity contribution in [2.75, 3.05) is 0 Å². The van der Waals surface area contributed by atoms with Gasteiger partial charge in [0.1, 0.15) is 0 Å².